The van der Waals surface area contributed by atoms with Gasteiger partial charge in [-0.15, -0.1) is 0 Å². The van der Waals surface area contributed by atoms with Crippen molar-refractivity contribution in [1.29, 1.82) is 0 Å². The number of fused-ring (bicyclic) bond motifs is 1. The van der Waals surface area contributed by atoms with Crippen molar-refractivity contribution in [2.75, 3.05) is 5.32 Å². The number of benzene rings is 2. The second-order valence-corrected chi connectivity index (χ2v) is 5.08. The maximum Gasteiger partial charge on any atom is 0.230 e. The van der Waals surface area contributed by atoms with Crippen LogP contribution in [0.4, 0.5) is 5.69 Å². The number of rotatable bonds is 4. The normalized spacial score (nSPS) is 10.6. The molecule has 0 aliphatic rings. The summed E-state index contributed by atoms with van der Waals surface area (Å²) in [6, 6.07) is 14.5. The van der Waals surface area contributed by atoms with Crippen LogP contribution in [-0.2, 0) is 11.2 Å². The lowest BCUT2D eigenvalue weighted by atomic mass is 10.1. The topological polar surface area (TPSA) is 74.8 Å². The Bertz CT molecular complexity index is 852. The lowest BCUT2D eigenvalue weighted by molar-refractivity contribution is -0.115. The molecule has 0 aliphatic carbocycles. The van der Waals surface area contributed by atoms with Crippen LogP contribution in [0.25, 0.3) is 10.9 Å². The largest absolute Gasteiger partial charge is 0.326 e. The molecule has 0 unspecified atom stereocenters. The summed E-state index contributed by atoms with van der Waals surface area (Å²) in [4.78, 5) is 23.5. The fourth-order valence-electron chi connectivity index (χ4n) is 2.33. The first kappa shape index (κ1) is 14.0. The molecule has 1 aromatic heterocycles. The van der Waals surface area contributed by atoms with E-state index in [1.54, 1.807) is 24.3 Å². The van der Waals surface area contributed by atoms with E-state index in [9.17, 15) is 9.59 Å². The minimum atomic E-state index is -0.157. The minimum absolute atomic E-state index is 0.0318. The number of hydrogen-bond donors (Lipinski definition) is 2. The van der Waals surface area contributed by atoms with Crippen LogP contribution < -0.4 is 5.32 Å². The molecule has 1 heterocycles. The number of anilines is 1. The molecule has 0 saturated carbocycles. The maximum absolute atomic E-state index is 12.2. The number of nitrogens with one attached hydrogen (secondary N) is 2. The van der Waals surface area contributed by atoms with E-state index in [-0.39, 0.29) is 18.1 Å². The molecule has 22 heavy (non-hydrogen) atoms. The molecule has 3 aromatic rings. The van der Waals surface area contributed by atoms with Crippen LogP contribution in [0.15, 0.2) is 48.5 Å². The average Bonchev–Trinajstić information content (AvgIpc) is 2.91. The van der Waals surface area contributed by atoms with E-state index in [0.29, 0.717) is 11.3 Å². The molecular weight excluding hydrogens is 278 g/mol. The van der Waals surface area contributed by atoms with Crippen LogP contribution in [0, 0.1) is 0 Å². The second kappa shape index (κ2) is 5.81. The predicted molar refractivity (Wildman–Crippen MR) is 84.9 cm³/mol. The van der Waals surface area contributed by atoms with Gasteiger partial charge in [0.25, 0.3) is 0 Å². The maximum atomic E-state index is 12.2. The first-order chi connectivity index (χ1) is 10.6. The van der Waals surface area contributed by atoms with Crippen molar-refractivity contribution in [2.24, 2.45) is 0 Å². The number of amides is 1. The number of carbonyl (C=O) groups excluding carboxylic acids is 2. The Morgan fingerprint density at radius 2 is 1.95 bits per heavy atom. The quantitative estimate of drug-likeness (QED) is 0.726. The molecule has 3 rings (SSSR count). The molecular formula is C17H15N3O2. The van der Waals surface area contributed by atoms with Crippen molar-refractivity contribution in [3.05, 3.63) is 59.8 Å². The van der Waals surface area contributed by atoms with Crippen LogP contribution in [0.2, 0.25) is 0 Å². The highest BCUT2D eigenvalue weighted by atomic mass is 16.1. The van der Waals surface area contributed by atoms with E-state index in [1.807, 2.05) is 24.3 Å². The van der Waals surface area contributed by atoms with Crippen molar-refractivity contribution in [2.45, 2.75) is 13.3 Å². The summed E-state index contributed by atoms with van der Waals surface area (Å²) < 4.78 is 0. The highest BCUT2D eigenvalue weighted by molar-refractivity contribution is 5.98. The number of hydrogen-bond acceptors (Lipinski definition) is 3. The Hall–Kier alpha value is -2.95. The van der Waals surface area contributed by atoms with E-state index in [0.717, 1.165) is 16.6 Å². The van der Waals surface area contributed by atoms with Gasteiger partial charge in [0, 0.05) is 16.6 Å². The smallest absolute Gasteiger partial charge is 0.230 e. The van der Waals surface area contributed by atoms with Crippen molar-refractivity contribution in [1.82, 2.24) is 10.2 Å². The van der Waals surface area contributed by atoms with Gasteiger partial charge in [-0.1, -0.05) is 30.3 Å². The van der Waals surface area contributed by atoms with E-state index in [2.05, 4.69) is 15.5 Å². The number of carbonyl (C=O) groups is 2. The lowest BCUT2D eigenvalue weighted by Gasteiger charge is -2.06. The van der Waals surface area contributed by atoms with Crippen molar-refractivity contribution >= 4 is 28.3 Å². The van der Waals surface area contributed by atoms with Gasteiger partial charge >= 0.3 is 0 Å². The Labute approximate surface area is 127 Å². The van der Waals surface area contributed by atoms with E-state index >= 15 is 0 Å². The highest BCUT2D eigenvalue weighted by Gasteiger charge is 2.10. The zero-order valence-corrected chi connectivity index (χ0v) is 12.1. The van der Waals surface area contributed by atoms with Gasteiger partial charge in [0.1, 0.15) is 0 Å². The number of para-hydroxylation sites is 1. The summed E-state index contributed by atoms with van der Waals surface area (Å²) in [6.07, 6.45) is 0.199. The zero-order chi connectivity index (χ0) is 15.5. The molecule has 0 spiro atoms. The third kappa shape index (κ3) is 2.88. The number of nitrogens with zero attached hydrogens (tertiary/aromatic N) is 1. The van der Waals surface area contributed by atoms with Crippen molar-refractivity contribution < 1.29 is 9.59 Å². The standard InChI is InChI=1S/C17H15N3O2/c1-11(21)12-5-4-6-13(9-12)18-17(22)10-16-14-7-2-3-8-15(14)19-20-16/h2-9H,10H2,1H3,(H,18,22)(H,19,20). The third-order valence-electron chi connectivity index (χ3n) is 3.43. The Morgan fingerprint density at radius 1 is 1.14 bits per heavy atom. The number of aromatic nitrogens is 2. The molecule has 110 valence electrons. The van der Waals surface area contributed by atoms with Crippen LogP contribution in [0.5, 0.6) is 0 Å². The molecule has 0 saturated heterocycles. The van der Waals surface area contributed by atoms with Crippen molar-refractivity contribution in [3.8, 4) is 0 Å². The number of Topliss-reactive ketones (excluding diaryl/α,β-unsaturated/α-hetero) is 1. The third-order valence-corrected chi connectivity index (χ3v) is 3.43. The van der Waals surface area contributed by atoms with Gasteiger partial charge in [0.05, 0.1) is 17.6 Å². The molecule has 0 atom stereocenters. The molecule has 0 aliphatic heterocycles. The monoisotopic (exact) mass is 293 g/mol. The van der Waals surface area contributed by atoms with Crippen molar-refractivity contribution in [3.63, 3.8) is 0 Å². The van der Waals surface area contributed by atoms with Gasteiger partial charge in [-0.25, -0.2) is 0 Å². The number of aromatic amines is 1. The van der Waals surface area contributed by atoms with E-state index < -0.39 is 0 Å². The predicted octanol–water partition coefficient (Wildman–Crippen LogP) is 2.95. The first-order valence-electron chi connectivity index (χ1n) is 6.96. The average molecular weight is 293 g/mol. The summed E-state index contributed by atoms with van der Waals surface area (Å²) in [6.45, 7) is 1.50. The molecule has 1 amide bonds. The SMILES string of the molecule is CC(=O)c1cccc(NC(=O)Cc2[nH]nc3ccccc23)c1. The zero-order valence-electron chi connectivity index (χ0n) is 12.1. The van der Waals surface area contributed by atoms with Crippen LogP contribution in [0.1, 0.15) is 23.0 Å². The van der Waals surface area contributed by atoms with Gasteiger partial charge in [-0.05, 0) is 25.1 Å². The fourth-order valence-corrected chi connectivity index (χ4v) is 2.33. The van der Waals surface area contributed by atoms with E-state index in [4.69, 9.17) is 0 Å². The fraction of sp³-hybridized carbons (Fsp3) is 0.118. The highest BCUT2D eigenvalue weighted by Crippen LogP contribution is 2.16. The summed E-state index contributed by atoms with van der Waals surface area (Å²) in [5, 5.41) is 10.8. The minimum Gasteiger partial charge on any atom is -0.326 e. The number of ketones is 1. The summed E-state index contributed by atoms with van der Waals surface area (Å²) in [5.74, 6) is -0.189. The van der Waals surface area contributed by atoms with Gasteiger partial charge in [0.2, 0.25) is 5.91 Å². The Morgan fingerprint density at radius 3 is 2.77 bits per heavy atom. The van der Waals surface area contributed by atoms with Gasteiger partial charge in [-0.3, -0.25) is 14.7 Å². The van der Waals surface area contributed by atoms with Gasteiger partial charge < -0.3 is 5.32 Å². The summed E-state index contributed by atoms with van der Waals surface area (Å²) in [7, 11) is 0. The molecule has 5 nitrogen and oxygen atoms in total. The molecule has 0 radical (unpaired) electrons. The molecule has 0 fully saturated rings. The van der Waals surface area contributed by atoms with Crippen LogP contribution in [0.3, 0.4) is 0 Å². The van der Waals surface area contributed by atoms with Crippen LogP contribution >= 0.6 is 0 Å². The van der Waals surface area contributed by atoms with E-state index in [1.165, 1.54) is 6.92 Å². The second-order valence-electron chi connectivity index (χ2n) is 5.08. The summed E-state index contributed by atoms with van der Waals surface area (Å²) in [5.41, 5.74) is 2.80. The van der Waals surface area contributed by atoms with Gasteiger partial charge in [-0.2, -0.15) is 5.10 Å². The molecule has 2 aromatic carbocycles. The summed E-state index contributed by atoms with van der Waals surface area (Å²) >= 11 is 0. The van der Waals surface area contributed by atoms with Crippen LogP contribution in [-0.4, -0.2) is 21.9 Å². The lowest BCUT2D eigenvalue weighted by Crippen LogP contribution is -2.15. The Kier molecular flexibility index (Phi) is 3.70. The molecule has 0 bridgehead atoms. The first-order valence-corrected chi connectivity index (χ1v) is 6.96. The number of H-pyrrole nitrogens is 1. The molecule has 5 heteroatoms. The Balaban J connectivity index is 1.75. The molecule has 2 N–H and O–H groups in total. The van der Waals surface area contributed by atoms with Gasteiger partial charge in [0.15, 0.2) is 5.78 Å².